The lowest BCUT2D eigenvalue weighted by atomic mass is 10.4. The smallest absolute Gasteiger partial charge is 0.256 e. The maximum absolute atomic E-state index is 11.9. The average Bonchev–Trinajstić information content (AvgIpc) is 2.63. The summed E-state index contributed by atoms with van der Waals surface area (Å²) >= 11 is 11.5. The van der Waals surface area contributed by atoms with E-state index in [0.29, 0.717) is 8.98 Å². The van der Waals surface area contributed by atoms with Crippen molar-refractivity contribution in [3.05, 3.63) is 33.2 Å². The van der Waals surface area contributed by atoms with Gasteiger partial charge < -0.3 is 0 Å². The number of halogens is 1. The maximum Gasteiger partial charge on any atom is 0.263 e. The van der Waals surface area contributed by atoms with Crippen molar-refractivity contribution in [1.82, 2.24) is 10.2 Å². The molecule has 90 valence electrons. The van der Waals surface area contributed by atoms with Gasteiger partial charge in [-0.3, -0.25) is 9.82 Å². The largest absolute Gasteiger partial charge is 0.263 e. The van der Waals surface area contributed by atoms with Crippen molar-refractivity contribution in [2.24, 2.45) is 0 Å². The summed E-state index contributed by atoms with van der Waals surface area (Å²) in [5.74, 6) is 0. The summed E-state index contributed by atoms with van der Waals surface area (Å²) in [4.78, 5) is 0.114. The molecule has 0 aliphatic rings. The summed E-state index contributed by atoms with van der Waals surface area (Å²) in [6, 6.07) is 5.83. The van der Waals surface area contributed by atoms with Gasteiger partial charge in [0.1, 0.15) is 0 Å². The Labute approximate surface area is 112 Å². The lowest BCUT2D eigenvalue weighted by molar-refractivity contribution is 0.601. The highest BCUT2D eigenvalue weighted by molar-refractivity contribution is 7.93. The molecule has 1 aromatic heterocycles. The second-order valence-electron chi connectivity index (χ2n) is 2.98. The van der Waals surface area contributed by atoms with Crippen LogP contribution < -0.4 is 4.72 Å². The first-order chi connectivity index (χ1) is 7.97. The fourth-order valence-corrected chi connectivity index (χ4v) is 3.21. The molecule has 2 N–H and O–H groups in total. The van der Waals surface area contributed by atoms with Crippen molar-refractivity contribution in [2.75, 3.05) is 4.72 Å². The van der Waals surface area contributed by atoms with Crippen LogP contribution in [0.2, 0.25) is 5.02 Å². The SMILES string of the molecule is O=S(=O)(Nc1n[nH]c(=S)s1)c1ccc(Cl)cc1. The molecular formula is C8H6ClN3O2S3. The van der Waals surface area contributed by atoms with Gasteiger partial charge in [-0.15, -0.1) is 5.10 Å². The number of hydrogen-bond donors (Lipinski definition) is 2. The zero-order valence-corrected chi connectivity index (χ0v) is 11.4. The van der Waals surface area contributed by atoms with Gasteiger partial charge in [0, 0.05) is 5.02 Å². The first-order valence-corrected chi connectivity index (χ1v) is 7.40. The van der Waals surface area contributed by atoms with Crippen LogP contribution in [0.1, 0.15) is 0 Å². The number of nitrogens with zero attached hydrogens (tertiary/aromatic N) is 1. The van der Waals surface area contributed by atoms with Gasteiger partial charge in [-0.25, -0.2) is 8.42 Å². The molecule has 5 nitrogen and oxygen atoms in total. The van der Waals surface area contributed by atoms with Crippen molar-refractivity contribution in [2.45, 2.75) is 4.90 Å². The molecule has 0 unspecified atom stereocenters. The van der Waals surface area contributed by atoms with Crippen LogP contribution >= 0.6 is 35.2 Å². The molecule has 17 heavy (non-hydrogen) atoms. The van der Waals surface area contributed by atoms with Crippen LogP contribution in [0.4, 0.5) is 5.13 Å². The molecule has 0 spiro atoms. The minimum absolute atomic E-state index is 0.114. The van der Waals surface area contributed by atoms with E-state index in [2.05, 4.69) is 14.9 Å². The molecule has 0 saturated carbocycles. The quantitative estimate of drug-likeness (QED) is 0.855. The molecule has 2 aromatic rings. The summed E-state index contributed by atoms with van der Waals surface area (Å²) < 4.78 is 26.5. The number of sulfonamides is 1. The zero-order chi connectivity index (χ0) is 12.5. The molecule has 0 atom stereocenters. The minimum atomic E-state index is -3.64. The van der Waals surface area contributed by atoms with E-state index in [1.807, 2.05) is 0 Å². The molecular weight excluding hydrogens is 302 g/mol. The number of aromatic amines is 1. The van der Waals surface area contributed by atoms with E-state index in [9.17, 15) is 8.42 Å². The van der Waals surface area contributed by atoms with E-state index in [1.54, 1.807) is 0 Å². The van der Waals surface area contributed by atoms with Crippen LogP contribution in [0.15, 0.2) is 29.2 Å². The summed E-state index contributed by atoms with van der Waals surface area (Å²) in [5.41, 5.74) is 0. The van der Waals surface area contributed by atoms with Crippen LogP contribution in [-0.4, -0.2) is 18.6 Å². The Bertz CT molecular complexity index is 675. The number of anilines is 1. The Kier molecular flexibility index (Phi) is 3.48. The second kappa shape index (κ2) is 4.73. The molecule has 9 heteroatoms. The number of benzene rings is 1. The fourth-order valence-electron chi connectivity index (χ4n) is 1.06. The normalized spacial score (nSPS) is 11.4. The van der Waals surface area contributed by atoms with Crippen molar-refractivity contribution in [3.63, 3.8) is 0 Å². The predicted molar refractivity (Wildman–Crippen MR) is 69.6 cm³/mol. The molecule has 0 amide bonds. The molecule has 0 radical (unpaired) electrons. The molecule has 1 aromatic carbocycles. The van der Waals surface area contributed by atoms with Gasteiger partial charge in [-0.2, -0.15) is 0 Å². The molecule has 0 bridgehead atoms. The van der Waals surface area contributed by atoms with Crippen LogP contribution in [0.3, 0.4) is 0 Å². The van der Waals surface area contributed by atoms with Crippen LogP contribution in [-0.2, 0) is 10.0 Å². The monoisotopic (exact) mass is 307 g/mol. The van der Waals surface area contributed by atoms with E-state index in [-0.39, 0.29) is 10.0 Å². The van der Waals surface area contributed by atoms with Gasteiger partial charge in [0.2, 0.25) is 5.13 Å². The van der Waals surface area contributed by atoms with Gasteiger partial charge >= 0.3 is 0 Å². The van der Waals surface area contributed by atoms with E-state index in [4.69, 9.17) is 23.8 Å². The first kappa shape index (κ1) is 12.5. The third kappa shape index (κ3) is 3.03. The third-order valence-corrected chi connectivity index (χ3v) is 4.52. The maximum atomic E-state index is 11.9. The molecule has 1 heterocycles. The lowest BCUT2D eigenvalue weighted by Crippen LogP contribution is -2.12. The molecule has 0 saturated heterocycles. The van der Waals surface area contributed by atoms with Crippen LogP contribution in [0.5, 0.6) is 0 Å². The van der Waals surface area contributed by atoms with Gasteiger partial charge in [0.05, 0.1) is 4.90 Å². The van der Waals surface area contributed by atoms with Gasteiger partial charge in [0.15, 0.2) is 3.95 Å². The van der Waals surface area contributed by atoms with E-state index in [0.717, 1.165) is 11.3 Å². The van der Waals surface area contributed by atoms with Crippen LogP contribution in [0.25, 0.3) is 0 Å². The number of rotatable bonds is 3. The summed E-state index contributed by atoms with van der Waals surface area (Å²) in [6.45, 7) is 0. The van der Waals surface area contributed by atoms with Crippen molar-refractivity contribution >= 4 is 50.3 Å². The van der Waals surface area contributed by atoms with E-state index >= 15 is 0 Å². The Morgan fingerprint density at radius 1 is 1.35 bits per heavy atom. The van der Waals surface area contributed by atoms with Crippen molar-refractivity contribution in [1.29, 1.82) is 0 Å². The number of nitrogens with one attached hydrogen (secondary N) is 2. The Hall–Kier alpha value is -0.960. The zero-order valence-electron chi connectivity index (χ0n) is 8.18. The number of aromatic nitrogens is 2. The minimum Gasteiger partial charge on any atom is -0.256 e. The van der Waals surface area contributed by atoms with E-state index in [1.165, 1.54) is 24.3 Å². The molecule has 2 rings (SSSR count). The van der Waals surface area contributed by atoms with Crippen LogP contribution in [0, 0.1) is 3.95 Å². The Balaban J connectivity index is 2.31. The summed E-state index contributed by atoms with van der Waals surface area (Å²) in [7, 11) is -3.64. The lowest BCUT2D eigenvalue weighted by Gasteiger charge is -2.04. The highest BCUT2D eigenvalue weighted by Crippen LogP contribution is 2.19. The highest BCUT2D eigenvalue weighted by atomic mass is 35.5. The summed E-state index contributed by atoms with van der Waals surface area (Å²) in [5, 5.41) is 6.87. The van der Waals surface area contributed by atoms with Gasteiger partial charge in [0.25, 0.3) is 10.0 Å². The molecule has 0 aliphatic heterocycles. The van der Waals surface area contributed by atoms with Gasteiger partial charge in [-0.1, -0.05) is 22.9 Å². The Morgan fingerprint density at radius 3 is 2.53 bits per heavy atom. The average molecular weight is 308 g/mol. The second-order valence-corrected chi connectivity index (χ2v) is 6.76. The highest BCUT2D eigenvalue weighted by Gasteiger charge is 2.15. The first-order valence-electron chi connectivity index (χ1n) is 4.31. The number of hydrogen-bond acceptors (Lipinski definition) is 5. The van der Waals surface area contributed by atoms with Gasteiger partial charge in [-0.05, 0) is 36.5 Å². The molecule has 0 aliphatic carbocycles. The fraction of sp³-hybridized carbons (Fsp3) is 0. The summed E-state index contributed by atoms with van der Waals surface area (Å²) in [6.07, 6.45) is 0. The van der Waals surface area contributed by atoms with Crippen molar-refractivity contribution in [3.8, 4) is 0 Å². The topological polar surface area (TPSA) is 74.8 Å². The molecule has 0 fully saturated rings. The van der Waals surface area contributed by atoms with Crippen molar-refractivity contribution < 1.29 is 8.42 Å². The van der Waals surface area contributed by atoms with E-state index < -0.39 is 10.0 Å². The standard InChI is InChI=1S/C8H6ClN3O2S3/c9-5-1-3-6(4-2-5)17(13,14)12-7-10-11-8(15)16-7/h1-4H,(H,10,12)(H,11,15). The number of H-pyrrole nitrogens is 1. The predicted octanol–water partition coefficient (Wildman–Crippen LogP) is 2.65. The third-order valence-electron chi connectivity index (χ3n) is 1.78. The Morgan fingerprint density at radius 2 is 2.00 bits per heavy atom.